The number of hydrogen-bond acceptors (Lipinski definition) is 6. The smallest absolute Gasteiger partial charge is 0.251 e. The van der Waals surface area contributed by atoms with Crippen LogP contribution in [0.25, 0.3) is 0 Å². The summed E-state index contributed by atoms with van der Waals surface area (Å²) in [6.45, 7) is 0.0773. The van der Waals surface area contributed by atoms with Gasteiger partial charge in [-0.05, 0) is 31.0 Å². The third-order valence-corrected chi connectivity index (χ3v) is 4.60. The predicted molar refractivity (Wildman–Crippen MR) is 96.7 cm³/mol. The van der Waals surface area contributed by atoms with Gasteiger partial charge in [-0.15, -0.1) is 0 Å². The van der Waals surface area contributed by atoms with Gasteiger partial charge in [-0.1, -0.05) is 0 Å². The number of nitrogens with one attached hydrogen (secondary N) is 3. The fraction of sp³-hybridized carbons (Fsp3) is 0.444. The van der Waals surface area contributed by atoms with E-state index in [2.05, 4.69) is 16.0 Å². The van der Waals surface area contributed by atoms with Gasteiger partial charge in [0.1, 0.15) is 6.04 Å². The van der Waals surface area contributed by atoms with E-state index < -0.39 is 17.9 Å². The molecule has 1 unspecified atom stereocenters. The van der Waals surface area contributed by atoms with Crippen molar-refractivity contribution in [1.29, 1.82) is 0 Å². The summed E-state index contributed by atoms with van der Waals surface area (Å²) < 4.78 is 10.4. The van der Waals surface area contributed by atoms with Crippen molar-refractivity contribution in [3.05, 3.63) is 23.8 Å². The topological polar surface area (TPSA) is 126 Å². The molecule has 0 bridgehead atoms. The van der Waals surface area contributed by atoms with E-state index in [1.165, 1.54) is 18.0 Å². The molecule has 2 aliphatic heterocycles. The average Bonchev–Trinajstić information content (AvgIpc) is 3.38. The molecule has 1 atom stereocenters. The summed E-state index contributed by atoms with van der Waals surface area (Å²) >= 11 is 0. The second kappa shape index (κ2) is 8.59. The normalized spacial score (nSPS) is 17.2. The summed E-state index contributed by atoms with van der Waals surface area (Å²) in [6, 6.07) is 4.22. The lowest BCUT2D eigenvalue weighted by atomic mass is 10.2. The van der Waals surface area contributed by atoms with Crippen LogP contribution in [-0.4, -0.2) is 68.0 Å². The van der Waals surface area contributed by atoms with Crippen LogP contribution in [0.3, 0.4) is 0 Å². The molecule has 28 heavy (non-hydrogen) atoms. The minimum atomic E-state index is -0.502. The molecule has 1 aromatic rings. The standard InChI is InChI=1S/C18H22N4O6/c1-19-18(26)12-3-2-6-22(12)16(24)9-20-15(23)8-21-17(25)11-4-5-13-14(7-11)28-10-27-13/h4-5,7,12H,2-3,6,8-10H2,1H3,(H,19,26)(H,20,23)(H,21,25). The Morgan fingerprint density at radius 1 is 1.11 bits per heavy atom. The maximum atomic E-state index is 12.3. The van der Waals surface area contributed by atoms with E-state index in [4.69, 9.17) is 9.47 Å². The average molecular weight is 390 g/mol. The van der Waals surface area contributed by atoms with Crippen molar-refractivity contribution >= 4 is 23.6 Å². The van der Waals surface area contributed by atoms with Crippen molar-refractivity contribution in [2.75, 3.05) is 33.5 Å². The molecule has 2 aliphatic rings. The van der Waals surface area contributed by atoms with Gasteiger partial charge in [0.15, 0.2) is 11.5 Å². The maximum absolute atomic E-state index is 12.3. The SMILES string of the molecule is CNC(=O)C1CCCN1C(=O)CNC(=O)CNC(=O)c1ccc2c(c1)OCO2. The van der Waals surface area contributed by atoms with E-state index in [1.54, 1.807) is 12.1 Å². The number of fused-ring (bicyclic) bond motifs is 1. The molecule has 0 aromatic heterocycles. The number of nitrogens with zero attached hydrogens (tertiary/aromatic N) is 1. The largest absolute Gasteiger partial charge is 0.454 e. The fourth-order valence-corrected chi connectivity index (χ4v) is 3.14. The lowest BCUT2D eigenvalue weighted by Gasteiger charge is -2.23. The van der Waals surface area contributed by atoms with Gasteiger partial charge in [0, 0.05) is 19.2 Å². The zero-order valence-electron chi connectivity index (χ0n) is 15.4. The van der Waals surface area contributed by atoms with Gasteiger partial charge in [-0.3, -0.25) is 19.2 Å². The minimum absolute atomic E-state index is 0.106. The highest BCUT2D eigenvalue weighted by Crippen LogP contribution is 2.32. The second-order valence-electron chi connectivity index (χ2n) is 6.39. The van der Waals surface area contributed by atoms with E-state index in [-0.39, 0.29) is 31.7 Å². The third-order valence-electron chi connectivity index (χ3n) is 4.60. The monoisotopic (exact) mass is 390 g/mol. The number of benzene rings is 1. The number of carbonyl (C=O) groups excluding carboxylic acids is 4. The van der Waals surface area contributed by atoms with Gasteiger partial charge in [0.25, 0.3) is 5.91 Å². The zero-order valence-corrected chi connectivity index (χ0v) is 15.4. The van der Waals surface area contributed by atoms with E-state index in [9.17, 15) is 19.2 Å². The molecule has 0 spiro atoms. The first-order valence-electron chi connectivity index (χ1n) is 8.95. The number of ether oxygens (including phenoxy) is 2. The minimum Gasteiger partial charge on any atom is -0.454 e. The summed E-state index contributed by atoms with van der Waals surface area (Å²) in [5.41, 5.74) is 0.332. The second-order valence-corrected chi connectivity index (χ2v) is 6.39. The van der Waals surface area contributed by atoms with Crippen LogP contribution in [0.4, 0.5) is 0 Å². The van der Waals surface area contributed by atoms with Gasteiger partial charge >= 0.3 is 0 Å². The molecule has 4 amide bonds. The molecule has 1 fully saturated rings. The molecule has 2 heterocycles. The molecule has 150 valence electrons. The van der Waals surface area contributed by atoms with Crippen molar-refractivity contribution in [2.45, 2.75) is 18.9 Å². The number of likely N-dealkylation sites (tertiary alicyclic amines) is 1. The Morgan fingerprint density at radius 3 is 2.68 bits per heavy atom. The van der Waals surface area contributed by atoms with Crippen LogP contribution < -0.4 is 25.4 Å². The summed E-state index contributed by atoms with van der Waals surface area (Å²) in [4.78, 5) is 49.6. The summed E-state index contributed by atoms with van der Waals surface area (Å²) in [7, 11) is 1.52. The van der Waals surface area contributed by atoms with Crippen LogP contribution in [0, 0.1) is 0 Å². The number of hydrogen-bond donors (Lipinski definition) is 3. The highest BCUT2D eigenvalue weighted by molar-refractivity contribution is 5.97. The Balaban J connectivity index is 1.43. The van der Waals surface area contributed by atoms with Crippen LogP contribution in [0.15, 0.2) is 18.2 Å². The van der Waals surface area contributed by atoms with Crippen LogP contribution in [-0.2, 0) is 14.4 Å². The van der Waals surface area contributed by atoms with E-state index >= 15 is 0 Å². The van der Waals surface area contributed by atoms with Crippen LogP contribution in [0.5, 0.6) is 11.5 Å². The molecule has 1 aromatic carbocycles. The molecule has 10 heteroatoms. The maximum Gasteiger partial charge on any atom is 0.251 e. The third kappa shape index (κ3) is 4.33. The van der Waals surface area contributed by atoms with Crippen molar-refractivity contribution in [3.8, 4) is 11.5 Å². The summed E-state index contributed by atoms with van der Waals surface area (Å²) in [6.07, 6.45) is 1.34. The van der Waals surface area contributed by atoms with Crippen LogP contribution in [0.1, 0.15) is 23.2 Å². The molecule has 0 aliphatic carbocycles. The van der Waals surface area contributed by atoms with Crippen molar-refractivity contribution < 1.29 is 28.7 Å². The fourth-order valence-electron chi connectivity index (χ4n) is 3.14. The molecule has 3 rings (SSSR count). The van der Waals surface area contributed by atoms with E-state index in [1.807, 2.05) is 0 Å². The zero-order chi connectivity index (χ0) is 20.1. The molecule has 10 nitrogen and oxygen atoms in total. The number of likely N-dealkylation sites (N-methyl/N-ethyl adjacent to an activating group) is 1. The molecule has 1 saturated heterocycles. The lowest BCUT2D eigenvalue weighted by molar-refractivity contribution is -0.138. The Bertz CT molecular complexity index is 796. The first-order chi connectivity index (χ1) is 13.5. The quantitative estimate of drug-likeness (QED) is 0.572. The highest BCUT2D eigenvalue weighted by atomic mass is 16.7. The first-order valence-corrected chi connectivity index (χ1v) is 8.95. The number of carbonyl (C=O) groups is 4. The Hall–Kier alpha value is -3.30. The lowest BCUT2D eigenvalue weighted by Crippen LogP contribution is -2.49. The van der Waals surface area contributed by atoms with E-state index in [0.29, 0.717) is 30.0 Å². The van der Waals surface area contributed by atoms with Crippen molar-refractivity contribution in [3.63, 3.8) is 0 Å². The van der Waals surface area contributed by atoms with E-state index in [0.717, 1.165) is 6.42 Å². The molecular formula is C18H22N4O6. The summed E-state index contributed by atoms with van der Waals surface area (Å²) in [5.74, 6) is -0.462. The van der Waals surface area contributed by atoms with Gasteiger partial charge < -0.3 is 30.3 Å². The molecule has 0 saturated carbocycles. The predicted octanol–water partition coefficient (Wildman–Crippen LogP) is -1.00. The van der Waals surface area contributed by atoms with Gasteiger partial charge in [0.2, 0.25) is 24.5 Å². The number of amides is 4. The summed E-state index contributed by atoms with van der Waals surface area (Å²) in [5, 5.41) is 7.48. The van der Waals surface area contributed by atoms with Crippen molar-refractivity contribution in [2.24, 2.45) is 0 Å². The molecular weight excluding hydrogens is 368 g/mol. The number of rotatable bonds is 6. The molecule has 0 radical (unpaired) electrons. The Kier molecular flexibility index (Phi) is 5.97. The Labute approximate surface area is 161 Å². The molecule has 3 N–H and O–H groups in total. The Morgan fingerprint density at radius 2 is 1.89 bits per heavy atom. The van der Waals surface area contributed by atoms with Gasteiger partial charge in [0.05, 0.1) is 13.1 Å². The van der Waals surface area contributed by atoms with Crippen LogP contribution >= 0.6 is 0 Å². The van der Waals surface area contributed by atoms with Crippen LogP contribution in [0.2, 0.25) is 0 Å². The first kappa shape index (κ1) is 19.5. The van der Waals surface area contributed by atoms with Crippen molar-refractivity contribution in [1.82, 2.24) is 20.9 Å². The van der Waals surface area contributed by atoms with Gasteiger partial charge in [-0.2, -0.15) is 0 Å². The van der Waals surface area contributed by atoms with Gasteiger partial charge in [-0.25, -0.2) is 0 Å². The highest BCUT2D eigenvalue weighted by Gasteiger charge is 2.33.